The average molecular weight is 155 g/mol. The van der Waals surface area contributed by atoms with E-state index in [1.54, 1.807) is 0 Å². The normalized spacial score (nSPS) is 27.8. The van der Waals surface area contributed by atoms with Crippen molar-refractivity contribution in [3.63, 3.8) is 0 Å². The molecule has 0 spiro atoms. The number of hydrogen-bond acceptors (Lipinski definition) is 1. The van der Waals surface area contributed by atoms with Gasteiger partial charge < -0.3 is 5.73 Å². The number of nitrogens with two attached hydrogens (primary N) is 1. The standard InChI is InChI=1S/C10H21N/c1-8(2,3)10(11)6-9(4,5)7-10/h6-7,11H2,1-5H3. The lowest BCUT2D eigenvalue weighted by molar-refractivity contribution is -0.0173. The first-order valence-electron chi connectivity index (χ1n) is 4.45. The fraction of sp³-hybridized carbons (Fsp3) is 1.00. The smallest absolute Gasteiger partial charge is 0.0213 e. The monoisotopic (exact) mass is 155 g/mol. The second-order valence-electron chi connectivity index (χ2n) is 5.92. The lowest BCUT2D eigenvalue weighted by Crippen LogP contribution is -2.63. The Kier molecular flexibility index (Phi) is 1.65. The topological polar surface area (TPSA) is 26.0 Å². The molecule has 2 N–H and O–H groups in total. The molecule has 0 aliphatic heterocycles. The minimum atomic E-state index is 0.0938. The Morgan fingerprint density at radius 2 is 1.45 bits per heavy atom. The van der Waals surface area contributed by atoms with Crippen molar-refractivity contribution in [1.82, 2.24) is 0 Å². The van der Waals surface area contributed by atoms with Crippen molar-refractivity contribution < 1.29 is 0 Å². The number of rotatable bonds is 0. The Morgan fingerprint density at radius 3 is 1.55 bits per heavy atom. The van der Waals surface area contributed by atoms with Crippen LogP contribution >= 0.6 is 0 Å². The van der Waals surface area contributed by atoms with Crippen LogP contribution in [0.5, 0.6) is 0 Å². The predicted octanol–water partition coefficient (Wildman–Crippen LogP) is 2.55. The summed E-state index contributed by atoms with van der Waals surface area (Å²) in [6.07, 6.45) is 2.34. The minimum Gasteiger partial charge on any atom is -0.325 e. The molecule has 0 amide bonds. The second kappa shape index (κ2) is 2.01. The summed E-state index contributed by atoms with van der Waals surface area (Å²) in [6.45, 7) is 11.3. The Hall–Kier alpha value is -0.0400. The van der Waals surface area contributed by atoms with Crippen molar-refractivity contribution in [2.75, 3.05) is 0 Å². The molecule has 0 aromatic rings. The van der Waals surface area contributed by atoms with Crippen LogP contribution in [0.1, 0.15) is 47.5 Å². The highest BCUT2D eigenvalue weighted by molar-refractivity contribution is 5.09. The molecular formula is C10H21N. The first kappa shape index (κ1) is 9.05. The first-order valence-corrected chi connectivity index (χ1v) is 4.45. The zero-order chi connectivity index (χ0) is 8.91. The molecule has 1 nitrogen and oxygen atoms in total. The molecule has 11 heavy (non-hydrogen) atoms. The summed E-state index contributed by atoms with van der Waals surface area (Å²) < 4.78 is 0. The van der Waals surface area contributed by atoms with Gasteiger partial charge in [0.2, 0.25) is 0 Å². The molecule has 0 bridgehead atoms. The molecule has 0 saturated heterocycles. The highest BCUT2D eigenvalue weighted by Gasteiger charge is 2.52. The molecular weight excluding hydrogens is 134 g/mol. The van der Waals surface area contributed by atoms with E-state index in [2.05, 4.69) is 34.6 Å². The van der Waals surface area contributed by atoms with Crippen LogP contribution in [0.25, 0.3) is 0 Å². The summed E-state index contributed by atoms with van der Waals surface area (Å²) in [5.41, 5.74) is 7.10. The van der Waals surface area contributed by atoms with Gasteiger partial charge in [0, 0.05) is 5.54 Å². The van der Waals surface area contributed by atoms with Gasteiger partial charge >= 0.3 is 0 Å². The van der Waals surface area contributed by atoms with E-state index in [0.717, 1.165) is 0 Å². The van der Waals surface area contributed by atoms with Gasteiger partial charge in [0.25, 0.3) is 0 Å². The largest absolute Gasteiger partial charge is 0.325 e. The summed E-state index contributed by atoms with van der Waals surface area (Å²) in [7, 11) is 0. The van der Waals surface area contributed by atoms with E-state index in [0.29, 0.717) is 5.41 Å². The Morgan fingerprint density at radius 1 is 1.09 bits per heavy atom. The predicted molar refractivity (Wildman–Crippen MR) is 49.4 cm³/mol. The lowest BCUT2D eigenvalue weighted by atomic mass is 9.51. The van der Waals surface area contributed by atoms with Crippen LogP contribution in [-0.4, -0.2) is 5.54 Å². The lowest BCUT2D eigenvalue weighted by Gasteiger charge is -2.58. The van der Waals surface area contributed by atoms with Crippen LogP contribution < -0.4 is 5.73 Å². The van der Waals surface area contributed by atoms with Gasteiger partial charge in [-0.1, -0.05) is 34.6 Å². The molecule has 1 heteroatoms. The van der Waals surface area contributed by atoms with E-state index in [4.69, 9.17) is 5.73 Å². The third kappa shape index (κ3) is 1.44. The number of hydrogen-bond donors (Lipinski definition) is 1. The molecule has 0 unspecified atom stereocenters. The molecule has 1 aliphatic rings. The van der Waals surface area contributed by atoms with Gasteiger partial charge in [-0.3, -0.25) is 0 Å². The molecule has 1 rings (SSSR count). The van der Waals surface area contributed by atoms with E-state index in [1.807, 2.05) is 0 Å². The SMILES string of the molecule is CC1(C)CC(N)(C(C)(C)C)C1. The maximum atomic E-state index is 6.26. The molecule has 0 radical (unpaired) electrons. The van der Waals surface area contributed by atoms with Crippen LogP contribution in [0.3, 0.4) is 0 Å². The van der Waals surface area contributed by atoms with Crippen molar-refractivity contribution in [3.05, 3.63) is 0 Å². The van der Waals surface area contributed by atoms with Crippen molar-refractivity contribution >= 4 is 0 Å². The quantitative estimate of drug-likeness (QED) is 0.571. The van der Waals surface area contributed by atoms with Crippen LogP contribution in [0.4, 0.5) is 0 Å². The summed E-state index contributed by atoms with van der Waals surface area (Å²) in [5, 5.41) is 0. The van der Waals surface area contributed by atoms with Gasteiger partial charge in [-0.2, -0.15) is 0 Å². The summed E-state index contributed by atoms with van der Waals surface area (Å²) in [6, 6.07) is 0. The van der Waals surface area contributed by atoms with Gasteiger partial charge in [-0.05, 0) is 23.7 Å². The maximum Gasteiger partial charge on any atom is 0.0213 e. The third-order valence-electron chi connectivity index (χ3n) is 3.08. The zero-order valence-electron chi connectivity index (χ0n) is 8.49. The minimum absolute atomic E-state index is 0.0938. The molecule has 0 aromatic carbocycles. The molecule has 1 aliphatic carbocycles. The van der Waals surface area contributed by atoms with Gasteiger partial charge in [0.15, 0.2) is 0 Å². The molecule has 1 saturated carbocycles. The van der Waals surface area contributed by atoms with E-state index < -0.39 is 0 Å². The summed E-state index contributed by atoms with van der Waals surface area (Å²) in [5.74, 6) is 0. The molecule has 0 heterocycles. The second-order valence-corrected chi connectivity index (χ2v) is 5.92. The molecule has 66 valence electrons. The van der Waals surface area contributed by atoms with E-state index in [1.165, 1.54) is 12.8 Å². The Balaban J connectivity index is 2.64. The van der Waals surface area contributed by atoms with Crippen LogP contribution in [0.15, 0.2) is 0 Å². The van der Waals surface area contributed by atoms with E-state index in [-0.39, 0.29) is 11.0 Å². The molecule has 0 aromatic heterocycles. The first-order chi connectivity index (χ1) is 4.66. The third-order valence-corrected chi connectivity index (χ3v) is 3.08. The average Bonchev–Trinajstić information content (AvgIpc) is 1.55. The fourth-order valence-electron chi connectivity index (χ4n) is 2.19. The Labute approximate surface area is 70.4 Å². The molecule has 1 fully saturated rings. The van der Waals surface area contributed by atoms with Gasteiger partial charge in [0.1, 0.15) is 0 Å². The highest BCUT2D eigenvalue weighted by atomic mass is 14.8. The van der Waals surface area contributed by atoms with Crippen molar-refractivity contribution in [3.8, 4) is 0 Å². The summed E-state index contributed by atoms with van der Waals surface area (Å²) >= 11 is 0. The van der Waals surface area contributed by atoms with Crippen molar-refractivity contribution in [2.45, 2.75) is 53.0 Å². The van der Waals surface area contributed by atoms with Crippen LogP contribution in [-0.2, 0) is 0 Å². The zero-order valence-corrected chi connectivity index (χ0v) is 8.49. The van der Waals surface area contributed by atoms with E-state index >= 15 is 0 Å². The summed E-state index contributed by atoms with van der Waals surface area (Å²) in [4.78, 5) is 0. The van der Waals surface area contributed by atoms with Crippen LogP contribution in [0, 0.1) is 10.8 Å². The highest BCUT2D eigenvalue weighted by Crippen LogP contribution is 2.53. The van der Waals surface area contributed by atoms with Crippen molar-refractivity contribution in [2.24, 2.45) is 16.6 Å². The maximum absolute atomic E-state index is 6.26. The van der Waals surface area contributed by atoms with Crippen LogP contribution in [0.2, 0.25) is 0 Å². The van der Waals surface area contributed by atoms with Gasteiger partial charge in [-0.15, -0.1) is 0 Å². The molecule has 0 atom stereocenters. The Bertz CT molecular complexity index is 154. The van der Waals surface area contributed by atoms with Gasteiger partial charge in [0.05, 0.1) is 0 Å². The van der Waals surface area contributed by atoms with Gasteiger partial charge in [-0.25, -0.2) is 0 Å². The van der Waals surface area contributed by atoms with Crippen molar-refractivity contribution in [1.29, 1.82) is 0 Å². The van der Waals surface area contributed by atoms with E-state index in [9.17, 15) is 0 Å². The fourth-order valence-corrected chi connectivity index (χ4v) is 2.19.